The first-order valence-electron chi connectivity index (χ1n) is 8.02. The van der Waals surface area contributed by atoms with Gasteiger partial charge in [0.1, 0.15) is 5.71 Å². The maximum atomic E-state index is 12.4. The molecule has 4 rings (SSSR count). The Bertz CT molecular complexity index is 1200. The minimum absolute atomic E-state index is 0.0169. The van der Waals surface area contributed by atoms with Gasteiger partial charge in [0.15, 0.2) is 0 Å². The summed E-state index contributed by atoms with van der Waals surface area (Å²) in [5, 5.41) is 3.19. The number of aromatic nitrogens is 2. The zero-order chi connectivity index (χ0) is 19.7. The van der Waals surface area contributed by atoms with Crippen LogP contribution in [0.5, 0.6) is 0 Å². The molecule has 28 heavy (non-hydrogen) atoms. The number of fused-ring (bicyclic) bond motifs is 1. The fraction of sp³-hybridized carbons (Fsp3) is 0. The lowest BCUT2D eigenvalue weighted by atomic mass is 10.1. The second-order valence-electron chi connectivity index (χ2n) is 5.78. The van der Waals surface area contributed by atoms with E-state index in [1.807, 2.05) is 0 Å². The van der Waals surface area contributed by atoms with Gasteiger partial charge in [0.2, 0.25) is 5.95 Å². The van der Waals surface area contributed by atoms with Gasteiger partial charge in [-0.05, 0) is 48.5 Å². The molecule has 1 amide bonds. The molecule has 2 aromatic carbocycles. The van der Waals surface area contributed by atoms with Gasteiger partial charge in [-0.25, -0.2) is 28.1 Å². The predicted molar refractivity (Wildman–Crippen MR) is 106 cm³/mol. The summed E-state index contributed by atoms with van der Waals surface area (Å²) in [6.45, 7) is 0. The Balaban J connectivity index is 1.62. The van der Waals surface area contributed by atoms with Gasteiger partial charge in [0.05, 0.1) is 16.3 Å². The molecular weight excluding hydrogens is 402 g/mol. The summed E-state index contributed by atoms with van der Waals surface area (Å²) in [6, 6.07) is 12.4. The van der Waals surface area contributed by atoms with E-state index in [0.29, 0.717) is 22.0 Å². The summed E-state index contributed by atoms with van der Waals surface area (Å²) in [4.78, 5) is 24.2. The standard InChI is InChI=1S/C18H12ClN5O3S/c19-11-2-7-15-14(10-11)16(17(25)23-15)22-12-3-5-13(6-4-12)28(26,27)24-18-20-8-1-9-21-18/h1-10H,(H,20,21,24)(H,22,23,25). The SMILES string of the molecule is O=C1Nc2ccc(Cl)cc2C1=Nc1ccc(S(=O)(=O)Nc2ncccn2)cc1. The molecule has 1 aromatic heterocycles. The summed E-state index contributed by atoms with van der Waals surface area (Å²) in [5.74, 6) is -0.375. The van der Waals surface area contributed by atoms with E-state index in [-0.39, 0.29) is 22.5 Å². The number of rotatable bonds is 4. The van der Waals surface area contributed by atoms with E-state index in [4.69, 9.17) is 11.6 Å². The van der Waals surface area contributed by atoms with E-state index >= 15 is 0 Å². The molecule has 0 atom stereocenters. The Labute approximate surface area is 165 Å². The van der Waals surface area contributed by atoms with Crippen molar-refractivity contribution in [2.24, 2.45) is 4.99 Å². The number of carbonyl (C=O) groups is 1. The summed E-state index contributed by atoms with van der Waals surface area (Å²) < 4.78 is 27.1. The highest BCUT2D eigenvalue weighted by atomic mass is 35.5. The molecule has 0 saturated carbocycles. The summed E-state index contributed by atoms with van der Waals surface area (Å²) in [5.41, 5.74) is 1.85. The van der Waals surface area contributed by atoms with Gasteiger partial charge in [-0.2, -0.15) is 0 Å². The highest BCUT2D eigenvalue weighted by molar-refractivity contribution is 7.92. The van der Waals surface area contributed by atoms with Gasteiger partial charge in [-0.1, -0.05) is 11.6 Å². The molecule has 2 heterocycles. The maximum absolute atomic E-state index is 12.4. The van der Waals surface area contributed by atoms with Crippen LogP contribution in [0.15, 0.2) is 70.8 Å². The molecule has 2 N–H and O–H groups in total. The molecule has 10 heteroatoms. The van der Waals surface area contributed by atoms with Crippen LogP contribution in [0.2, 0.25) is 5.02 Å². The molecule has 3 aromatic rings. The number of hydrogen-bond acceptors (Lipinski definition) is 6. The first-order chi connectivity index (χ1) is 13.4. The minimum atomic E-state index is -3.84. The third-order valence-corrected chi connectivity index (χ3v) is 5.46. The molecule has 1 aliphatic heterocycles. The molecule has 0 spiro atoms. The lowest BCUT2D eigenvalue weighted by Gasteiger charge is -2.06. The van der Waals surface area contributed by atoms with Crippen LogP contribution in [0.25, 0.3) is 0 Å². The van der Waals surface area contributed by atoms with E-state index in [1.54, 1.807) is 24.3 Å². The first kappa shape index (κ1) is 18.1. The summed E-state index contributed by atoms with van der Waals surface area (Å²) in [6.07, 6.45) is 2.86. The summed E-state index contributed by atoms with van der Waals surface area (Å²) >= 11 is 6.00. The van der Waals surface area contributed by atoms with Crippen LogP contribution in [0.1, 0.15) is 5.56 Å². The first-order valence-corrected chi connectivity index (χ1v) is 9.88. The van der Waals surface area contributed by atoms with Crippen LogP contribution in [0.4, 0.5) is 17.3 Å². The Hall–Kier alpha value is -3.30. The molecule has 0 aliphatic carbocycles. The molecule has 1 aliphatic rings. The Morgan fingerprint density at radius 1 is 1.04 bits per heavy atom. The van der Waals surface area contributed by atoms with Crippen molar-refractivity contribution < 1.29 is 13.2 Å². The molecule has 0 fully saturated rings. The molecule has 0 saturated heterocycles. The Morgan fingerprint density at radius 2 is 1.75 bits per heavy atom. The number of anilines is 2. The average Bonchev–Trinajstić information content (AvgIpc) is 2.98. The average molecular weight is 414 g/mol. The smallest absolute Gasteiger partial charge is 0.275 e. The van der Waals surface area contributed by atoms with Crippen LogP contribution in [0, 0.1) is 0 Å². The van der Waals surface area contributed by atoms with Gasteiger partial charge >= 0.3 is 0 Å². The van der Waals surface area contributed by atoms with E-state index in [9.17, 15) is 13.2 Å². The van der Waals surface area contributed by atoms with Gasteiger partial charge < -0.3 is 5.32 Å². The highest BCUT2D eigenvalue weighted by Gasteiger charge is 2.26. The van der Waals surface area contributed by atoms with Crippen molar-refractivity contribution in [3.05, 3.63) is 71.5 Å². The lowest BCUT2D eigenvalue weighted by Crippen LogP contribution is -2.15. The zero-order valence-corrected chi connectivity index (χ0v) is 15.7. The fourth-order valence-corrected chi connectivity index (χ4v) is 3.73. The quantitative estimate of drug-likeness (QED) is 0.682. The highest BCUT2D eigenvalue weighted by Crippen LogP contribution is 2.28. The number of aliphatic imine (C=N–C) groups is 1. The van der Waals surface area contributed by atoms with Gasteiger partial charge in [-0.15, -0.1) is 0 Å². The Morgan fingerprint density at radius 3 is 2.46 bits per heavy atom. The minimum Gasteiger partial charge on any atom is -0.320 e. The van der Waals surface area contributed by atoms with E-state index in [2.05, 4.69) is 25.0 Å². The molecule has 140 valence electrons. The molecule has 0 unspecified atom stereocenters. The second-order valence-corrected chi connectivity index (χ2v) is 7.90. The van der Waals surface area contributed by atoms with Gasteiger partial charge in [0, 0.05) is 23.0 Å². The number of carbonyl (C=O) groups excluding carboxylic acids is 1. The van der Waals surface area contributed by atoms with Crippen LogP contribution in [-0.4, -0.2) is 30.0 Å². The molecule has 0 radical (unpaired) electrons. The zero-order valence-electron chi connectivity index (χ0n) is 14.1. The molecule has 8 nitrogen and oxygen atoms in total. The lowest BCUT2D eigenvalue weighted by molar-refractivity contribution is -0.110. The number of hydrogen-bond donors (Lipinski definition) is 2. The number of amides is 1. The number of nitrogens with one attached hydrogen (secondary N) is 2. The molecule has 0 bridgehead atoms. The van der Waals surface area contributed by atoms with Crippen LogP contribution < -0.4 is 10.0 Å². The van der Waals surface area contributed by atoms with Crippen LogP contribution in [-0.2, 0) is 14.8 Å². The normalized spacial score (nSPS) is 14.6. The number of sulfonamides is 1. The number of halogens is 1. The van der Waals surface area contributed by atoms with E-state index < -0.39 is 10.0 Å². The monoisotopic (exact) mass is 413 g/mol. The van der Waals surface area contributed by atoms with Crippen molar-refractivity contribution in [3.63, 3.8) is 0 Å². The van der Waals surface area contributed by atoms with E-state index in [0.717, 1.165) is 0 Å². The largest absolute Gasteiger partial charge is 0.320 e. The van der Waals surface area contributed by atoms with Crippen molar-refractivity contribution in [1.29, 1.82) is 0 Å². The van der Waals surface area contributed by atoms with Crippen molar-refractivity contribution in [1.82, 2.24) is 9.97 Å². The van der Waals surface area contributed by atoms with Gasteiger partial charge in [0.25, 0.3) is 15.9 Å². The third kappa shape index (κ3) is 3.57. The molecular formula is C18H12ClN5O3S. The second kappa shape index (κ2) is 7.02. The fourth-order valence-electron chi connectivity index (χ4n) is 2.60. The Kier molecular flexibility index (Phi) is 4.54. The van der Waals surface area contributed by atoms with E-state index in [1.165, 1.54) is 36.7 Å². The van der Waals surface area contributed by atoms with Crippen molar-refractivity contribution in [3.8, 4) is 0 Å². The van der Waals surface area contributed by atoms with Gasteiger partial charge in [-0.3, -0.25) is 4.79 Å². The third-order valence-electron chi connectivity index (χ3n) is 3.88. The van der Waals surface area contributed by atoms with Crippen LogP contribution in [0.3, 0.4) is 0 Å². The number of nitrogens with zero attached hydrogens (tertiary/aromatic N) is 3. The number of benzene rings is 2. The van der Waals surface area contributed by atoms with Crippen LogP contribution >= 0.6 is 11.6 Å². The maximum Gasteiger partial charge on any atom is 0.275 e. The summed E-state index contributed by atoms with van der Waals surface area (Å²) in [7, 11) is -3.84. The van der Waals surface area contributed by atoms with Crippen molar-refractivity contribution in [2.45, 2.75) is 4.90 Å². The predicted octanol–water partition coefficient (Wildman–Crippen LogP) is 3.00. The van der Waals surface area contributed by atoms with Crippen molar-refractivity contribution >= 4 is 50.6 Å². The van der Waals surface area contributed by atoms with Crippen molar-refractivity contribution in [2.75, 3.05) is 10.0 Å². The topological polar surface area (TPSA) is 113 Å².